The molecule has 0 spiro atoms. The number of carbonyl (C=O) groups is 2. The van der Waals surface area contributed by atoms with Crippen molar-refractivity contribution < 1.29 is 32.3 Å². The number of benzene rings is 1. The van der Waals surface area contributed by atoms with Crippen LogP contribution in [0.25, 0.3) is 0 Å². The first-order valence-electron chi connectivity index (χ1n) is 6.85. The van der Waals surface area contributed by atoms with Crippen molar-refractivity contribution in [3.05, 3.63) is 40.8 Å². The zero-order valence-electron chi connectivity index (χ0n) is 12.8. The second kappa shape index (κ2) is 8.47. The number of furan rings is 1. The van der Waals surface area contributed by atoms with Crippen LogP contribution in [0.2, 0.25) is 0 Å². The molecule has 0 saturated carbocycles. The summed E-state index contributed by atoms with van der Waals surface area (Å²) >= 11 is 3.06. The van der Waals surface area contributed by atoms with Gasteiger partial charge in [0, 0.05) is 11.8 Å². The molecule has 1 aromatic carbocycles. The minimum Gasteiger partial charge on any atom is -0.493 e. The van der Waals surface area contributed by atoms with Crippen LogP contribution in [-0.2, 0) is 4.79 Å². The molecule has 2 aromatic rings. The number of rotatable bonds is 7. The van der Waals surface area contributed by atoms with Gasteiger partial charge in [0.25, 0.3) is 5.91 Å². The quantitative estimate of drug-likeness (QED) is 0.721. The Balaban J connectivity index is 1.94. The van der Waals surface area contributed by atoms with E-state index in [-0.39, 0.29) is 29.5 Å². The Morgan fingerprint density at radius 2 is 2.00 bits per heavy atom. The van der Waals surface area contributed by atoms with E-state index in [2.05, 4.69) is 31.3 Å². The molecular formula is C15H13BrF2N2O5. The first-order chi connectivity index (χ1) is 11.9. The van der Waals surface area contributed by atoms with Gasteiger partial charge in [-0.1, -0.05) is 0 Å². The Morgan fingerprint density at radius 3 is 2.60 bits per heavy atom. The molecule has 0 fully saturated rings. The molecule has 2 amide bonds. The monoisotopic (exact) mass is 418 g/mol. The molecule has 0 aliphatic heterocycles. The average Bonchev–Trinajstić information content (AvgIpc) is 2.99. The van der Waals surface area contributed by atoms with Crippen LogP contribution in [-0.4, -0.2) is 32.1 Å². The van der Waals surface area contributed by atoms with Crippen LogP contribution in [0, 0.1) is 0 Å². The molecule has 1 heterocycles. The molecule has 0 aliphatic rings. The molecule has 0 radical (unpaired) electrons. The minimum absolute atomic E-state index is 0.0387. The predicted molar refractivity (Wildman–Crippen MR) is 87.0 cm³/mol. The van der Waals surface area contributed by atoms with Crippen molar-refractivity contribution in [3.63, 3.8) is 0 Å². The molecule has 0 bridgehead atoms. The van der Waals surface area contributed by atoms with Gasteiger partial charge in [-0.15, -0.1) is 0 Å². The van der Waals surface area contributed by atoms with Crippen molar-refractivity contribution in [2.45, 2.75) is 6.61 Å². The molecule has 0 unspecified atom stereocenters. The van der Waals surface area contributed by atoms with Gasteiger partial charge >= 0.3 is 6.61 Å². The molecule has 2 N–H and O–H groups in total. The fourth-order valence-electron chi connectivity index (χ4n) is 1.83. The third-order valence-corrected chi connectivity index (χ3v) is 3.30. The second-order valence-electron chi connectivity index (χ2n) is 4.58. The standard InChI is InChI=1S/C15H13BrF2N2O5/c1-23-9-3-2-8(6-11(9)25-15(17)18)20-13(21)7-19-14(22)10-4-5-12(16)24-10/h2-6,15H,7H2,1H3,(H,19,22)(H,20,21). The topological polar surface area (TPSA) is 89.8 Å². The normalized spacial score (nSPS) is 10.4. The molecule has 10 heteroatoms. The Hall–Kier alpha value is -2.62. The van der Waals surface area contributed by atoms with Crippen molar-refractivity contribution in [1.82, 2.24) is 5.32 Å². The summed E-state index contributed by atoms with van der Waals surface area (Å²) in [6, 6.07) is 6.98. The van der Waals surface area contributed by atoms with Gasteiger partial charge in [0.05, 0.1) is 13.7 Å². The zero-order chi connectivity index (χ0) is 18.4. The van der Waals surface area contributed by atoms with Crippen molar-refractivity contribution in [2.75, 3.05) is 19.0 Å². The number of ether oxygens (including phenoxy) is 2. The number of anilines is 1. The third-order valence-electron chi connectivity index (χ3n) is 2.87. The van der Waals surface area contributed by atoms with E-state index in [4.69, 9.17) is 9.15 Å². The highest BCUT2D eigenvalue weighted by molar-refractivity contribution is 9.10. The van der Waals surface area contributed by atoms with Gasteiger partial charge in [-0.3, -0.25) is 9.59 Å². The molecule has 25 heavy (non-hydrogen) atoms. The Morgan fingerprint density at radius 1 is 1.24 bits per heavy atom. The van der Waals surface area contributed by atoms with Crippen LogP contribution < -0.4 is 20.1 Å². The van der Waals surface area contributed by atoms with E-state index in [0.29, 0.717) is 4.67 Å². The molecule has 1 aromatic heterocycles. The molecule has 0 atom stereocenters. The van der Waals surface area contributed by atoms with Crippen molar-refractivity contribution >= 4 is 33.4 Å². The SMILES string of the molecule is COc1ccc(NC(=O)CNC(=O)c2ccc(Br)o2)cc1OC(F)F. The van der Waals surface area contributed by atoms with E-state index in [1.165, 1.54) is 37.4 Å². The van der Waals surface area contributed by atoms with E-state index >= 15 is 0 Å². The van der Waals surface area contributed by atoms with Gasteiger partial charge in [0.2, 0.25) is 5.91 Å². The third kappa shape index (κ3) is 5.45. The highest BCUT2D eigenvalue weighted by Crippen LogP contribution is 2.31. The van der Waals surface area contributed by atoms with Crippen molar-refractivity contribution in [3.8, 4) is 11.5 Å². The van der Waals surface area contributed by atoms with Crippen LogP contribution in [0.15, 0.2) is 39.4 Å². The highest BCUT2D eigenvalue weighted by atomic mass is 79.9. The van der Waals surface area contributed by atoms with Crippen LogP contribution >= 0.6 is 15.9 Å². The highest BCUT2D eigenvalue weighted by Gasteiger charge is 2.14. The fourth-order valence-corrected chi connectivity index (χ4v) is 2.14. The summed E-state index contributed by atoms with van der Waals surface area (Å²) in [5.41, 5.74) is 0.205. The summed E-state index contributed by atoms with van der Waals surface area (Å²) in [6.45, 7) is -3.37. The largest absolute Gasteiger partial charge is 0.493 e. The summed E-state index contributed by atoms with van der Waals surface area (Å²) < 4.78 is 39.4. The average molecular weight is 419 g/mol. The van der Waals surface area contributed by atoms with Gasteiger partial charge in [0.15, 0.2) is 21.9 Å². The Kier molecular flexibility index (Phi) is 6.34. The smallest absolute Gasteiger partial charge is 0.387 e. The summed E-state index contributed by atoms with van der Waals surface area (Å²) in [4.78, 5) is 23.6. The lowest BCUT2D eigenvalue weighted by Gasteiger charge is -2.12. The molecule has 0 saturated heterocycles. The van der Waals surface area contributed by atoms with Crippen LogP contribution in [0.4, 0.5) is 14.5 Å². The Bertz CT molecular complexity index is 766. The maximum Gasteiger partial charge on any atom is 0.387 e. The van der Waals surface area contributed by atoms with Crippen molar-refractivity contribution in [2.24, 2.45) is 0 Å². The van der Waals surface area contributed by atoms with Gasteiger partial charge in [-0.05, 0) is 40.2 Å². The summed E-state index contributed by atoms with van der Waals surface area (Å²) in [5.74, 6) is -1.23. The number of hydrogen-bond acceptors (Lipinski definition) is 5. The lowest BCUT2D eigenvalue weighted by molar-refractivity contribution is -0.115. The van der Waals surface area contributed by atoms with Crippen LogP contribution in [0.5, 0.6) is 11.5 Å². The zero-order valence-corrected chi connectivity index (χ0v) is 14.4. The molecule has 0 aliphatic carbocycles. The molecule has 2 rings (SSSR count). The molecular weight excluding hydrogens is 406 g/mol. The minimum atomic E-state index is -3.04. The van der Waals surface area contributed by atoms with Crippen LogP contribution in [0.1, 0.15) is 10.6 Å². The number of amides is 2. The fraction of sp³-hybridized carbons (Fsp3) is 0.200. The van der Waals surface area contributed by atoms with Gasteiger partial charge < -0.3 is 24.5 Å². The summed E-state index contributed by atoms with van der Waals surface area (Å²) in [5, 5.41) is 4.81. The number of hydrogen-bond donors (Lipinski definition) is 2. The first kappa shape index (κ1) is 18.7. The lowest BCUT2D eigenvalue weighted by atomic mass is 10.2. The van der Waals surface area contributed by atoms with E-state index < -0.39 is 18.4 Å². The summed E-state index contributed by atoms with van der Waals surface area (Å²) in [7, 11) is 1.30. The second-order valence-corrected chi connectivity index (χ2v) is 5.36. The first-order valence-corrected chi connectivity index (χ1v) is 7.64. The van der Waals surface area contributed by atoms with E-state index in [9.17, 15) is 18.4 Å². The number of carbonyl (C=O) groups excluding carboxylic acids is 2. The lowest BCUT2D eigenvalue weighted by Crippen LogP contribution is -2.32. The maximum atomic E-state index is 12.4. The van der Waals surface area contributed by atoms with Crippen molar-refractivity contribution in [1.29, 1.82) is 0 Å². The maximum absolute atomic E-state index is 12.4. The van der Waals surface area contributed by atoms with E-state index in [1.807, 2.05) is 0 Å². The van der Waals surface area contributed by atoms with Gasteiger partial charge in [0.1, 0.15) is 0 Å². The Labute approximate surface area is 149 Å². The van der Waals surface area contributed by atoms with Gasteiger partial charge in [-0.25, -0.2) is 0 Å². The number of nitrogens with one attached hydrogen (secondary N) is 2. The van der Waals surface area contributed by atoms with Crippen LogP contribution in [0.3, 0.4) is 0 Å². The number of alkyl halides is 2. The number of halogens is 3. The van der Waals surface area contributed by atoms with Gasteiger partial charge in [-0.2, -0.15) is 8.78 Å². The molecule has 134 valence electrons. The predicted octanol–water partition coefficient (Wildman–Crippen LogP) is 3.02. The summed E-state index contributed by atoms with van der Waals surface area (Å²) in [6.07, 6.45) is 0. The molecule has 7 nitrogen and oxygen atoms in total. The van der Waals surface area contributed by atoms with E-state index in [1.54, 1.807) is 0 Å². The van der Waals surface area contributed by atoms with E-state index in [0.717, 1.165) is 0 Å². The number of methoxy groups -OCH3 is 1.